The van der Waals surface area contributed by atoms with Crippen LogP contribution in [-0.2, 0) is 19.6 Å². The van der Waals surface area contributed by atoms with E-state index in [0.29, 0.717) is 0 Å². The number of hydrogen-bond acceptors (Lipinski definition) is 3. The van der Waals surface area contributed by atoms with Crippen molar-refractivity contribution >= 4 is 0 Å². The van der Waals surface area contributed by atoms with Crippen molar-refractivity contribution in [3.8, 4) is 11.8 Å². The Bertz CT molecular complexity index is 822. The molecule has 0 saturated heterocycles. The van der Waals surface area contributed by atoms with Crippen molar-refractivity contribution in [2.45, 2.75) is 26.6 Å². The zero-order chi connectivity index (χ0) is 16.9. The largest absolute Gasteiger partial charge is 0.339 e. The Kier molecular flexibility index (Phi) is 4.78. The summed E-state index contributed by atoms with van der Waals surface area (Å²) in [7, 11) is 2.09. The van der Waals surface area contributed by atoms with Gasteiger partial charge in [-0.05, 0) is 49.4 Å². The molecule has 0 aliphatic heterocycles. The Labute approximate surface area is 142 Å². The number of benzene rings is 1. The minimum absolute atomic E-state index is 0.726. The van der Waals surface area contributed by atoms with Gasteiger partial charge in [0.05, 0.1) is 5.69 Å². The Morgan fingerprint density at radius 3 is 2.50 bits per heavy atom. The lowest BCUT2D eigenvalue weighted by Gasteiger charge is -2.16. The van der Waals surface area contributed by atoms with Gasteiger partial charge in [-0.2, -0.15) is 10.4 Å². The summed E-state index contributed by atoms with van der Waals surface area (Å²) in [4.78, 5) is 2.25. The number of aryl methyl sites for hydroxylation is 1. The van der Waals surface area contributed by atoms with E-state index in [1.807, 2.05) is 27.6 Å². The highest BCUT2D eigenvalue weighted by Gasteiger charge is 2.07. The first-order chi connectivity index (χ1) is 11.7. The minimum atomic E-state index is 0.726. The van der Waals surface area contributed by atoms with Crippen molar-refractivity contribution in [1.82, 2.24) is 19.2 Å². The van der Waals surface area contributed by atoms with Gasteiger partial charge in [0.1, 0.15) is 11.8 Å². The second-order valence-electron chi connectivity index (χ2n) is 5.92. The molecule has 0 spiro atoms. The van der Waals surface area contributed by atoms with Crippen LogP contribution in [0.1, 0.15) is 23.7 Å². The third-order valence-corrected chi connectivity index (χ3v) is 4.02. The van der Waals surface area contributed by atoms with E-state index in [0.717, 1.165) is 31.0 Å². The predicted molar refractivity (Wildman–Crippen MR) is 93.6 cm³/mol. The molecule has 0 saturated carbocycles. The molecule has 0 aliphatic carbocycles. The normalized spacial score (nSPS) is 10.9. The van der Waals surface area contributed by atoms with Crippen LogP contribution in [0.5, 0.6) is 0 Å². The van der Waals surface area contributed by atoms with Gasteiger partial charge in [-0.3, -0.25) is 4.90 Å². The highest BCUT2D eigenvalue weighted by atomic mass is 15.3. The van der Waals surface area contributed by atoms with E-state index in [1.165, 1.54) is 11.1 Å². The third-order valence-electron chi connectivity index (χ3n) is 4.02. The fraction of sp³-hybridized carbons (Fsp3) is 0.263. The third kappa shape index (κ3) is 3.55. The fourth-order valence-electron chi connectivity index (χ4n) is 2.86. The Hall–Kier alpha value is -2.84. The van der Waals surface area contributed by atoms with Crippen molar-refractivity contribution in [2.24, 2.45) is 0 Å². The number of hydrogen-bond donors (Lipinski definition) is 0. The molecule has 5 heteroatoms. The van der Waals surface area contributed by atoms with Crippen molar-refractivity contribution in [3.63, 3.8) is 0 Å². The first kappa shape index (κ1) is 16.0. The molecule has 2 heterocycles. The topological polar surface area (TPSA) is 49.8 Å². The summed E-state index contributed by atoms with van der Waals surface area (Å²) in [6, 6.07) is 14.6. The van der Waals surface area contributed by atoms with Crippen LogP contribution in [0.2, 0.25) is 0 Å². The van der Waals surface area contributed by atoms with Crippen LogP contribution in [0.15, 0.2) is 55.0 Å². The molecule has 5 nitrogen and oxygen atoms in total. The summed E-state index contributed by atoms with van der Waals surface area (Å²) in [5, 5.41) is 13.4. The van der Waals surface area contributed by atoms with Crippen LogP contribution in [0.3, 0.4) is 0 Å². The van der Waals surface area contributed by atoms with Crippen molar-refractivity contribution in [1.29, 1.82) is 5.26 Å². The van der Waals surface area contributed by atoms with Gasteiger partial charge in [-0.1, -0.05) is 12.1 Å². The minimum Gasteiger partial charge on any atom is -0.339 e. The predicted octanol–water partition coefficient (Wildman–Crippen LogP) is 3.20. The molecule has 0 bridgehead atoms. The Balaban J connectivity index is 1.63. The van der Waals surface area contributed by atoms with Gasteiger partial charge < -0.3 is 4.57 Å². The van der Waals surface area contributed by atoms with Gasteiger partial charge in [0, 0.05) is 38.2 Å². The van der Waals surface area contributed by atoms with Crippen LogP contribution in [0, 0.1) is 11.3 Å². The molecule has 0 radical (unpaired) electrons. The second kappa shape index (κ2) is 7.16. The van der Waals surface area contributed by atoms with Gasteiger partial charge >= 0.3 is 0 Å². The summed E-state index contributed by atoms with van der Waals surface area (Å²) in [5.74, 6) is 0. The molecule has 0 N–H and O–H groups in total. The summed E-state index contributed by atoms with van der Waals surface area (Å²) in [5.41, 5.74) is 4.21. The van der Waals surface area contributed by atoms with Gasteiger partial charge in [-0.25, -0.2) is 4.68 Å². The second-order valence-corrected chi connectivity index (χ2v) is 5.92. The summed E-state index contributed by atoms with van der Waals surface area (Å²) < 4.78 is 3.84. The van der Waals surface area contributed by atoms with Crippen molar-refractivity contribution < 1.29 is 0 Å². The van der Waals surface area contributed by atoms with Crippen LogP contribution in [0.25, 0.3) is 5.69 Å². The van der Waals surface area contributed by atoms with Gasteiger partial charge in [-0.15, -0.1) is 0 Å². The maximum absolute atomic E-state index is 9.15. The van der Waals surface area contributed by atoms with E-state index >= 15 is 0 Å². The van der Waals surface area contributed by atoms with Crippen LogP contribution in [0.4, 0.5) is 0 Å². The molecule has 0 atom stereocenters. The maximum Gasteiger partial charge on any atom is 0.120 e. The van der Waals surface area contributed by atoms with Crippen LogP contribution < -0.4 is 0 Å². The number of rotatable bonds is 6. The quantitative estimate of drug-likeness (QED) is 0.701. The van der Waals surface area contributed by atoms with Crippen molar-refractivity contribution in [2.75, 3.05) is 7.05 Å². The first-order valence-electron chi connectivity index (χ1n) is 8.06. The summed E-state index contributed by atoms with van der Waals surface area (Å²) in [6.45, 7) is 4.55. The molecule has 122 valence electrons. The Morgan fingerprint density at radius 2 is 1.92 bits per heavy atom. The average molecular weight is 319 g/mol. The lowest BCUT2D eigenvalue weighted by molar-refractivity contribution is 0.319. The summed E-state index contributed by atoms with van der Waals surface area (Å²) in [6.07, 6.45) is 5.78. The van der Waals surface area contributed by atoms with Crippen molar-refractivity contribution in [3.05, 3.63) is 71.8 Å². The molecule has 0 unspecified atom stereocenters. The zero-order valence-electron chi connectivity index (χ0n) is 14.1. The molecular formula is C19H21N5. The molecule has 0 amide bonds. The lowest BCUT2D eigenvalue weighted by Crippen LogP contribution is -2.16. The van der Waals surface area contributed by atoms with E-state index < -0.39 is 0 Å². The lowest BCUT2D eigenvalue weighted by atomic mass is 10.2. The highest BCUT2D eigenvalue weighted by Crippen LogP contribution is 2.14. The molecule has 3 aromatic rings. The molecule has 0 fully saturated rings. The van der Waals surface area contributed by atoms with Gasteiger partial charge in [0.15, 0.2) is 0 Å². The highest BCUT2D eigenvalue weighted by molar-refractivity contribution is 5.34. The number of nitrogens with zero attached hydrogens (tertiary/aromatic N) is 5. The average Bonchev–Trinajstić information content (AvgIpc) is 3.24. The van der Waals surface area contributed by atoms with E-state index in [2.05, 4.69) is 60.5 Å². The monoisotopic (exact) mass is 319 g/mol. The molecule has 3 rings (SSSR count). The van der Waals surface area contributed by atoms with E-state index in [-0.39, 0.29) is 0 Å². The van der Waals surface area contributed by atoms with E-state index in [4.69, 9.17) is 5.26 Å². The molecule has 0 aliphatic rings. The summed E-state index contributed by atoms with van der Waals surface area (Å²) >= 11 is 0. The Morgan fingerprint density at radius 1 is 1.17 bits per heavy atom. The molecule has 1 aromatic carbocycles. The molecular weight excluding hydrogens is 298 g/mol. The molecule has 2 aromatic heterocycles. The standard InChI is InChI=1S/C19H21N5/c1-3-23-15-17(11-19(23)12-20)14-22(2)13-16-5-7-18(8-6-16)24-10-4-9-21-24/h4-11,15H,3,13-14H2,1-2H3. The molecule has 24 heavy (non-hydrogen) atoms. The van der Waals surface area contributed by atoms with E-state index in [1.54, 1.807) is 6.20 Å². The number of aromatic nitrogens is 3. The van der Waals surface area contributed by atoms with Gasteiger partial charge in [0.25, 0.3) is 0 Å². The van der Waals surface area contributed by atoms with E-state index in [9.17, 15) is 0 Å². The zero-order valence-corrected chi connectivity index (χ0v) is 14.1. The SMILES string of the molecule is CCn1cc(CN(C)Cc2ccc(-n3cccn3)cc2)cc1C#N. The first-order valence-corrected chi connectivity index (χ1v) is 8.06. The number of nitriles is 1. The van der Waals surface area contributed by atoms with Crippen LogP contribution >= 0.6 is 0 Å². The smallest absolute Gasteiger partial charge is 0.120 e. The maximum atomic E-state index is 9.15. The van der Waals surface area contributed by atoms with Gasteiger partial charge in [0.2, 0.25) is 0 Å². The van der Waals surface area contributed by atoms with Crippen LogP contribution in [-0.4, -0.2) is 26.3 Å². The fourth-order valence-corrected chi connectivity index (χ4v) is 2.86.